The fourth-order valence-electron chi connectivity index (χ4n) is 3.38. The van der Waals surface area contributed by atoms with Crippen LogP contribution in [0.5, 0.6) is 0 Å². The molecule has 5 nitrogen and oxygen atoms in total. The number of nitrogens with zero attached hydrogens (tertiary/aromatic N) is 1. The monoisotopic (exact) mass is 282 g/mol. The quantitative estimate of drug-likeness (QED) is 0.819. The lowest BCUT2D eigenvalue weighted by Gasteiger charge is -2.38. The normalized spacial score (nSPS) is 31.4. The van der Waals surface area contributed by atoms with Crippen molar-refractivity contribution in [2.75, 3.05) is 13.1 Å². The van der Waals surface area contributed by atoms with Crippen molar-refractivity contribution in [2.45, 2.75) is 58.0 Å². The van der Waals surface area contributed by atoms with E-state index in [1.165, 1.54) is 12.8 Å². The van der Waals surface area contributed by atoms with Gasteiger partial charge in [0, 0.05) is 18.0 Å². The molecule has 2 rings (SSSR count). The van der Waals surface area contributed by atoms with Gasteiger partial charge in [0.1, 0.15) is 0 Å². The molecule has 1 aliphatic heterocycles. The molecule has 3 atom stereocenters. The van der Waals surface area contributed by atoms with Gasteiger partial charge in [0.25, 0.3) is 0 Å². The van der Waals surface area contributed by atoms with Crippen molar-refractivity contribution in [3.8, 4) is 0 Å². The van der Waals surface area contributed by atoms with Gasteiger partial charge in [-0.2, -0.15) is 0 Å². The van der Waals surface area contributed by atoms with Crippen molar-refractivity contribution >= 4 is 11.9 Å². The highest BCUT2D eigenvalue weighted by atomic mass is 16.4. The van der Waals surface area contributed by atoms with Crippen molar-refractivity contribution in [3.63, 3.8) is 0 Å². The van der Waals surface area contributed by atoms with Crippen LogP contribution in [0, 0.1) is 11.8 Å². The molecule has 0 spiro atoms. The van der Waals surface area contributed by atoms with E-state index >= 15 is 0 Å². The third-order valence-corrected chi connectivity index (χ3v) is 4.65. The molecule has 20 heavy (non-hydrogen) atoms. The zero-order chi connectivity index (χ0) is 14.7. The summed E-state index contributed by atoms with van der Waals surface area (Å²) in [7, 11) is 0. The number of carbonyl (C=O) groups is 2. The van der Waals surface area contributed by atoms with Gasteiger partial charge in [0.15, 0.2) is 0 Å². The van der Waals surface area contributed by atoms with E-state index in [9.17, 15) is 14.7 Å². The third-order valence-electron chi connectivity index (χ3n) is 4.65. The number of nitrogens with one attached hydrogen (secondary N) is 1. The topological polar surface area (TPSA) is 69.6 Å². The van der Waals surface area contributed by atoms with Crippen LogP contribution in [-0.2, 0) is 9.59 Å². The van der Waals surface area contributed by atoms with Crippen LogP contribution in [0.25, 0.3) is 0 Å². The van der Waals surface area contributed by atoms with Gasteiger partial charge in [0.05, 0.1) is 5.92 Å². The first kappa shape index (κ1) is 15.3. The molecule has 114 valence electrons. The number of hydrogen-bond donors (Lipinski definition) is 2. The predicted molar refractivity (Wildman–Crippen MR) is 76.3 cm³/mol. The highest BCUT2D eigenvalue weighted by Gasteiger charge is 2.38. The van der Waals surface area contributed by atoms with Crippen molar-refractivity contribution in [1.82, 2.24) is 10.2 Å². The van der Waals surface area contributed by atoms with Crippen LogP contribution in [0.3, 0.4) is 0 Å². The van der Waals surface area contributed by atoms with Gasteiger partial charge in [-0.15, -0.1) is 0 Å². The van der Waals surface area contributed by atoms with Crippen molar-refractivity contribution in [2.24, 2.45) is 11.8 Å². The van der Waals surface area contributed by atoms with E-state index in [0.717, 1.165) is 25.9 Å². The Hall–Kier alpha value is -1.10. The number of rotatable bonds is 4. The number of carboxylic acids is 1. The second-order valence-electron chi connectivity index (χ2n) is 6.42. The summed E-state index contributed by atoms with van der Waals surface area (Å²) in [6.45, 7) is 5.86. The van der Waals surface area contributed by atoms with E-state index in [0.29, 0.717) is 12.5 Å². The molecule has 0 aromatic heterocycles. The number of amides is 1. The standard InChI is InChI=1S/C15H26N2O3/c1-10(2)14(18)16-13-6-5-11(9-12(13)15(19)20)17-7-3-4-8-17/h10-13H,3-9H2,1-2H3,(H,16,18)(H,19,20). The molecule has 0 radical (unpaired) electrons. The highest BCUT2D eigenvalue weighted by Crippen LogP contribution is 2.30. The molecule has 1 saturated carbocycles. The molecule has 1 saturated heterocycles. The summed E-state index contributed by atoms with van der Waals surface area (Å²) in [6, 6.07) is 0.173. The van der Waals surface area contributed by atoms with E-state index in [4.69, 9.17) is 0 Å². The largest absolute Gasteiger partial charge is 0.481 e. The van der Waals surface area contributed by atoms with E-state index in [1.807, 2.05) is 13.8 Å². The fourth-order valence-corrected chi connectivity index (χ4v) is 3.38. The van der Waals surface area contributed by atoms with Crippen LogP contribution in [0.15, 0.2) is 0 Å². The number of carboxylic acid groups (broad SMARTS) is 1. The molecule has 1 heterocycles. The molecule has 2 fully saturated rings. The summed E-state index contributed by atoms with van der Waals surface area (Å²) in [5.41, 5.74) is 0. The minimum atomic E-state index is -0.775. The summed E-state index contributed by atoms with van der Waals surface area (Å²) in [5, 5.41) is 12.4. The SMILES string of the molecule is CC(C)C(=O)NC1CCC(N2CCCC2)CC1C(=O)O. The molecule has 0 aromatic rings. The molecule has 2 N–H and O–H groups in total. The molecule has 5 heteroatoms. The number of aliphatic carboxylic acids is 1. The zero-order valence-corrected chi connectivity index (χ0v) is 12.5. The first-order chi connectivity index (χ1) is 9.49. The maximum absolute atomic E-state index is 11.8. The summed E-state index contributed by atoms with van der Waals surface area (Å²) in [6.07, 6.45) is 4.88. The van der Waals surface area contributed by atoms with E-state index in [2.05, 4.69) is 10.2 Å². The van der Waals surface area contributed by atoms with Crippen LogP contribution in [0.1, 0.15) is 46.0 Å². The molecule has 0 bridgehead atoms. The number of hydrogen-bond acceptors (Lipinski definition) is 3. The lowest BCUT2D eigenvalue weighted by molar-refractivity contribution is -0.145. The Morgan fingerprint density at radius 2 is 1.85 bits per heavy atom. The molecule has 0 aromatic carbocycles. The first-order valence-corrected chi connectivity index (χ1v) is 7.76. The van der Waals surface area contributed by atoms with Crippen LogP contribution < -0.4 is 5.32 Å². The van der Waals surface area contributed by atoms with E-state index in [1.54, 1.807) is 0 Å². The second kappa shape index (κ2) is 6.57. The van der Waals surface area contributed by atoms with Gasteiger partial charge in [-0.25, -0.2) is 0 Å². The Balaban J connectivity index is 1.97. The van der Waals surface area contributed by atoms with Gasteiger partial charge in [0.2, 0.25) is 5.91 Å². The Labute approximate surface area is 120 Å². The summed E-state index contributed by atoms with van der Waals surface area (Å²) >= 11 is 0. The molecule has 1 aliphatic carbocycles. The van der Waals surface area contributed by atoms with Crippen LogP contribution in [0.2, 0.25) is 0 Å². The average molecular weight is 282 g/mol. The Kier molecular flexibility index (Phi) is 5.02. The Morgan fingerprint density at radius 3 is 2.40 bits per heavy atom. The maximum Gasteiger partial charge on any atom is 0.308 e. The minimum Gasteiger partial charge on any atom is -0.481 e. The second-order valence-corrected chi connectivity index (χ2v) is 6.42. The molecule has 1 amide bonds. The van der Waals surface area contributed by atoms with Crippen LogP contribution in [-0.4, -0.2) is 47.1 Å². The van der Waals surface area contributed by atoms with Gasteiger partial charge in [-0.05, 0) is 45.2 Å². The van der Waals surface area contributed by atoms with Gasteiger partial charge in [-0.3, -0.25) is 9.59 Å². The average Bonchev–Trinajstić information content (AvgIpc) is 2.92. The molecular formula is C15H26N2O3. The highest BCUT2D eigenvalue weighted by molar-refractivity contribution is 5.79. The Morgan fingerprint density at radius 1 is 1.20 bits per heavy atom. The summed E-state index contributed by atoms with van der Waals surface area (Å²) < 4.78 is 0. The third kappa shape index (κ3) is 3.51. The molecule has 3 unspecified atom stereocenters. The van der Waals surface area contributed by atoms with Crippen LogP contribution >= 0.6 is 0 Å². The maximum atomic E-state index is 11.8. The van der Waals surface area contributed by atoms with E-state index in [-0.39, 0.29) is 17.9 Å². The van der Waals surface area contributed by atoms with E-state index < -0.39 is 11.9 Å². The fraction of sp³-hybridized carbons (Fsp3) is 0.867. The number of carbonyl (C=O) groups excluding carboxylic acids is 1. The molecule has 2 aliphatic rings. The van der Waals surface area contributed by atoms with Crippen molar-refractivity contribution < 1.29 is 14.7 Å². The Bertz CT molecular complexity index is 364. The first-order valence-electron chi connectivity index (χ1n) is 7.76. The predicted octanol–water partition coefficient (Wildman–Crippen LogP) is 1.48. The van der Waals surface area contributed by atoms with Gasteiger partial charge < -0.3 is 15.3 Å². The number of likely N-dealkylation sites (tertiary alicyclic amines) is 1. The minimum absolute atomic E-state index is 0.0409. The smallest absolute Gasteiger partial charge is 0.308 e. The van der Waals surface area contributed by atoms with Crippen molar-refractivity contribution in [1.29, 1.82) is 0 Å². The van der Waals surface area contributed by atoms with Gasteiger partial charge in [-0.1, -0.05) is 13.8 Å². The summed E-state index contributed by atoms with van der Waals surface area (Å²) in [5.74, 6) is -1.36. The zero-order valence-electron chi connectivity index (χ0n) is 12.5. The summed E-state index contributed by atoms with van der Waals surface area (Å²) in [4.78, 5) is 25.7. The molecular weight excluding hydrogens is 256 g/mol. The van der Waals surface area contributed by atoms with Crippen molar-refractivity contribution in [3.05, 3.63) is 0 Å². The van der Waals surface area contributed by atoms with Crippen LogP contribution in [0.4, 0.5) is 0 Å². The lowest BCUT2D eigenvalue weighted by atomic mass is 9.80. The lowest BCUT2D eigenvalue weighted by Crippen LogP contribution is -2.51. The van der Waals surface area contributed by atoms with Gasteiger partial charge >= 0.3 is 5.97 Å².